The number of carbonyl (C=O) groups excluding carboxylic acids is 2. The Morgan fingerprint density at radius 3 is 2.71 bits per heavy atom. The van der Waals surface area contributed by atoms with Crippen LogP contribution in [0.25, 0.3) is 0 Å². The molecule has 6 nitrogen and oxygen atoms in total. The minimum absolute atomic E-state index is 0.0224. The van der Waals surface area contributed by atoms with Gasteiger partial charge in [0, 0.05) is 19.5 Å². The van der Waals surface area contributed by atoms with E-state index >= 15 is 0 Å². The van der Waals surface area contributed by atoms with E-state index in [0.29, 0.717) is 19.5 Å². The molecule has 0 aliphatic carbocycles. The van der Waals surface area contributed by atoms with Crippen LogP contribution in [0, 0.1) is 5.41 Å². The van der Waals surface area contributed by atoms with Gasteiger partial charge in [0.15, 0.2) is 0 Å². The summed E-state index contributed by atoms with van der Waals surface area (Å²) in [5, 5.41) is 11.6. The maximum atomic E-state index is 11.9. The Hall–Kier alpha value is -1.59. The fourth-order valence-corrected chi connectivity index (χ4v) is 1.58. The predicted molar refractivity (Wildman–Crippen MR) is 60.2 cm³/mol. The highest BCUT2D eigenvalue weighted by Gasteiger charge is 2.32. The fourth-order valence-electron chi connectivity index (χ4n) is 1.58. The van der Waals surface area contributed by atoms with Gasteiger partial charge in [0.25, 0.3) is 0 Å². The average molecular weight is 242 g/mol. The maximum absolute atomic E-state index is 11.9. The number of carboxylic acids is 1. The van der Waals surface area contributed by atoms with Gasteiger partial charge in [0.1, 0.15) is 0 Å². The van der Waals surface area contributed by atoms with Crippen molar-refractivity contribution in [2.24, 2.45) is 5.41 Å². The van der Waals surface area contributed by atoms with Gasteiger partial charge in [-0.3, -0.25) is 14.4 Å². The molecule has 2 N–H and O–H groups in total. The zero-order valence-electron chi connectivity index (χ0n) is 10.2. The molecule has 96 valence electrons. The van der Waals surface area contributed by atoms with Crippen molar-refractivity contribution >= 4 is 17.8 Å². The summed E-state index contributed by atoms with van der Waals surface area (Å²) in [6, 6.07) is 0. The minimum atomic E-state index is -1.10. The van der Waals surface area contributed by atoms with Gasteiger partial charge in [0.2, 0.25) is 11.8 Å². The molecule has 0 aromatic carbocycles. The smallest absolute Gasteiger partial charge is 0.309 e. The van der Waals surface area contributed by atoms with Crippen molar-refractivity contribution in [1.29, 1.82) is 0 Å². The van der Waals surface area contributed by atoms with Gasteiger partial charge in [0.05, 0.1) is 12.0 Å². The quantitative estimate of drug-likeness (QED) is 0.719. The summed E-state index contributed by atoms with van der Waals surface area (Å²) in [5.74, 6) is -1.48. The highest BCUT2D eigenvalue weighted by molar-refractivity contribution is 5.88. The second kappa shape index (κ2) is 5.16. The molecule has 1 heterocycles. The van der Waals surface area contributed by atoms with Crippen molar-refractivity contribution in [3.05, 3.63) is 0 Å². The molecule has 6 heteroatoms. The monoisotopic (exact) mass is 242 g/mol. The molecule has 0 aromatic heterocycles. The van der Waals surface area contributed by atoms with E-state index in [1.165, 1.54) is 18.7 Å². The first-order valence-corrected chi connectivity index (χ1v) is 5.61. The Balaban J connectivity index is 2.63. The number of carbonyl (C=O) groups is 3. The van der Waals surface area contributed by atoms with Crippen LogP contribution in [0.2, 0.25) is 0 Å². The van der Waals surface area contributed by atoms with Crippen molar-refractivity contribution in [3.8, 4) is 0 Å². The number of hydrogen-bond acceptors (Lipinski definition) is 3. The highest BCUT2D eigenvalue weighted by Crippen LogP contribution is 2.21. The van der Waals surface area contributed by atoms with Crippen molar-refractivity contribution in [3.63, 3.8) is 0 Å². The second-order valence-corrected chi connectivity index (χ2v) is 4.88. The van der Waals surface area contributed by atoms with E-state index in [0.717, 1.165) is 0 Å². The molecule has 0 spiro atoms. The molecule has 0 atom stereocenters. The largest absolute Gasteiger partial charge is 0.481 e. The van der Waals surface area contributed by atoms with E-state index in [1.807, 2.05) is 0 Å². The van der Waals surface area contributed by atoms with Gasteiger partial charge in [-0.25, -0.2) is 0 Å². The van der Waals surface area contributed by atoms with E-state index < -0.39 is 11.4 Å². The molecule has 0 radical (unpaired) electrons. The first-order chi connectivity index (χ1) is 7.83. The molecule has 1 aliphatic rings. The first-order valence-electron chi connectivity index (χ1n) is 5.61. The molecule has 0 aromatic rings. The lowest BCUT2D eigenvalue weighted by Gasteiger charge is -2.24. The number of carboxylic acid groups (broad SMARTS) is 1. The molecule has 1 fully saturated rings. The molecule has 0 saturated carbocycles. The molecule has 0 unspecified atom stereocenters. The Morgan fingerprint density at radius 1 is 1.47 bits per heavy atom. The summed E-state index contributed by atoms with van der Waals surface area (Å²) in [5.41, 5.74) is -1.10. The number of nitrogens with one attached hydrogen (secondary N) is 1. The van der Waals surface area contributed by atoms with Crippen LogP contribution in [0.3, 0.4) is 0 Å². The summed E-state index contributed by atoms with van der Waals surface area (Å²) in [6.45, 7) is 4.09. The Bertz CT molecular complexity index is 338. The first kappa shape index (κ1) is 13.5. The van der Waals surface area contributed by atoms with E-state index in [2.05, 4.69) is 5.32 Å². The summed E-state index contributed by atoms with van der Waals surface area (Å²) in [7, 11) is 0. The van der Waals surface area contributed by atoms with E-state index in [1.54, 1.807) is 0 Å². The van der Waals surface area contributed by atoms with Crippen LogP contribution in [-0.4, -0.2) is 47.4 Å². The molecular weight excluding hydrogens is 224 g/mol. The SMILES string of the molecule is CC(C)(CC(=O)N1CCCNC(=O)C1)C(=O)O. The van der Waals surface area contributed by atoms with Crippen LogP contribution in [0.4, 0.5) is 0 Å². The number of amides is 2. The number of rotatable bonds is 3. The lowest BCUT2D eigenvalue weighted by molar-refractivity contribution is -0.151. The zero-order valence-corrected chi connectivity index (χ0v) is 10.2. The maximum Gasteiger partial charge on any atom is 0.309 e. The van der Waals surface area contributed by atoms with Crippen LogP contribution in [0.15, 0.2) is 0 Å². The van der Waals surface area contributed by atoms with Crippen molar-refractivity contribution in [2.45, 2.75) is 26.7 Å². The predicted octanol–water partition coefficient (Wildman–Crippen LogP) is -0.164. The number of hydrogen-bond donors (Lipinski definition) is 2. The molecule has 0 bridgehead atoms. The van der Waals surface area contributed by atoms with Gasteiger partial charge >= 0.3 is 5.97 Å². The Labute approximate surface area is 100.0 Å². The van der Waals surface area contributed by atoms with Crippen LogP contribution in [-0.2, 0) is 14.4 Å². The average Bonchev–Trinajstić information content (AvgIpc) is 2.42. The van der Waals surface area contributed by atoms with E-state index in [4.69, 9.17) is 5.11 Å². The summed E-state index contributed by atoms with van der Waals surface area (Å²) in [6.07, 6.45) is 0.612. The summed E-state index contributed by atoms with van der Waals surface area (Å²) in [4.78, 5) is 35.5. The topological polar surface area (TPSA) is 86.7 Å². The van der Waals surface area contributed by atoms with Crippen molar-refractivity contribution in [2.75, 3.05) is 19.6 Å². The van der Waals surface area contributed by atoms with Gasteiger partial charge in [-0.05, 0) is 20.3 Å². The highest BCUT2D eigenvalue weighted by atomic mass is 16.4. The van der Waals surface area contributed by atoms with E-state index in [-0.39, 0.29) is 24.8 Å². The Morgan fingerprint density at radius 2 is 2.12 bits per heavy atom. The number of nitrogens with zero attached hydrogens (tertiary/aromatic N) is 1. The lowest BCUT2D eigenvalue weighted by Crippen LogP contribution is -2.40. The number of aliphatic carboxylic acids is 1. The minimum Gasteiger partial charge on any atom is -0.481 e. The molecule has 1 saturated heterocycles. The van der Waals surface area contributed by atoms with Crippen LogP contribution in [0.1, 0.15) is 26.7 Å². The lowest BCUT2D eigenvalue weighted by atomic mass is 9.89. The van der Waals surface area contributed by atoms with Gasteiger partial charge in [-0.2, -0.15) is 0 Å². The van der Waals surface area contributed by atoms with Gasteiger partial charge in [-0.1, -0.05) is 0 Å². The Kier molecular flexibility index (Phi) is 4.09. The molecule has 2 amide bonds. The van der Waals surface area contributed by atoms with Gasteiger partial charge in [-0.15, -0.1) is 0 Å². The molecule has 17 heavy (non-hydrogen) atoms. The van der Waals surface area contributed by atoms with Crippen LogP contribution < -0.4 is 5.32 Å². The van der Waals surface area contributed by atoms with Crippen molar-refractivity contribution < 1.29 is 19.5 Å². The molecule has 1 rings (SSSR count). The summed E-state index contributed by atoms with van der Waals surface area (Å²) < 4.78 is 0. The fraction of sp³-hybridized carbons (Fsp3) is 0.727. The summed E-state index contributed by atoms with van der Waals surface area (Å²) >= 11 is 0. The van der Waals surface area contributed by atoms with E-state index in [9.17, 15) is 14.4 Å². The molecular formula is C11H18N2O4. The van der Waals surface area contributed by atoms with Crippen LogP contribution in [0.5, 0.6) is 0 Å². The normalized spacial score (nSPS) is 17.3. The standard InChI is InChI=1S/C11H18N2O4/c1-11(2,10(16)17)6-9(15)13-5-3-4-12-8(14)7-13/h3-7H2,1-2H3,(H,12,14)(H,16,17). The third-order valence-electron chi connectivity index (χ3n) is 2.79. The third-order valence-corrected chi connectivity index (χ3v) is 2.79. The zero-order chi connectivity index (χ0) is 13.1. The second-order valence-electron chi connectivity index (χ2n) is 4.88. The van der Waals surface area contributed by atoms with Crippen LogP contribution >= 0.6 is 0 Å². The molecule has 1 aliphatic heterocycles. The van der Waals surface area contributed by atoms with Gasteiger partial charge < -0.3 is 15.3 Å². The third kappa shape index (κ3) is 3.72. The van der Waals surface area contributed by atoms with Crippen molar-refractivity contribution in [1.82, 2.24) is 10.2 Å².